The molecule has 0 saturated heterocycles. The maximum Gasteiger partial charge on any atom is 0.00274 e. The van der Waals surface area contributed by atoms with Crippen molar-refractivity contribution in [3.05, 3.63) is 83.4 Å². The van der Waals surface area contributed by atoms with Crippen molar-refractivity contribution in [1.82, 2.24) is 0 Å². The van der Waals surface area contributed by atoms with Crippen LogP contribution in [0.2, 0.25) is 0 Å². The number of hydrogen-bond donors (Lipinski definition) is 0. The van der Waals surface area contributed by atoms with Gasteiger partial charge in [0.2, 0.25) is 0 Å². The second kappa shape index (κ2) is 5.33. The zero-order valence-electron chi connectivity index (χ0n) is 15.2. The molecule has 1 fully saturated rings. The number of allylic oxidation sites excluding steroid dienone is 2. The number of benzene rings is 3. The number of aryl methyl sites for hydroxylation is 1. The minimum Gasteiger partial charge on any atom is -0.0850 e. The normalized spacial score (nSPS) is 26.3. The fraction of sp³-hybridized carbons (Fsp3) is 0.308. The van der Waals surface area contributed by atoms with E-state index >= 15 is 0 Å². The van der Waals surface area contributed by atoms with E-state index in [-0.39, 0.29) is 0 Å². The molecular formula is C26H24. The maximum absolute atomic E-state index is 2.56. The van der Waals surface area contributed by atoms with Gasteiger partial charge in [0.1, 0.15) is 0 Å². The van der Waals surface area contributed by atoms with Gasteiger partial charge in [-0.3, -0.25) is 0 Å². The minimum absolute atomic E-state index is 0.462. The van der Waals surface area contributed by atoms with Gasteiger partial charge >= 0.3 is 0 Å². The molecule has 26 heavy (non-hydrogen) atoms. The lowest BCUT2D eigenvalue weighted by atomic mass is 9.62. The molecule has 128 valence electrons. The molecule has 0 aliphatic heterocycles. The van der Waals surface area contributed by atoms with Crippen LogP contribution in [0.3, 0.4) is 0 Å². The maximum atomic E-state index is 2.56. The molecule has 0 N–H and O–H groups in total. The van der Waals surface area contributed by atoms with Crippen LogP contribution in [0.25, 0.3) is 21.9 Å². The molecule has 2 atom stereocenters. The Morgan fingerprint density at radius 3 is 2.58 bits per heavy atom. The van der Waals surface area contributed by atoms with Crippen LogP contribution < -0.4 is 0 Å². The minimum atomic E-state index is 0.462. The fourth-order valence-electron chi connectivity index (χ4n) is 6.07. The first-order valence-electron chi connectivity index (χ1n) is 10.1. The quantitative estimate of drug-likeness (QED) is 0.428. The molecule has 3 aliphatic carbocycles. The van der Waals surface area contributed by atoms with Gasteiger partial charge in [0.15, 0.2) is 0 Å². The Morgan fingerprint density at radius 2 is 1.77 bits per heavy atom. The predicted molar refractivity (Wildman–Crippen MR) is 109 cm³/mol. The smallest absolute Gasteiger partial charge is 0.00274 e. The Bertz CT molecular complexity index is 1040. The van der Waals surface area contributed by atoms with Crippen LogP contribution in [0.4, 0.5) is 0 Å². The summed E-state index contributed by atoms with van der Waals surface area (Å²) in [6.45, 7) is 0. The van der Waals surface area contributed by atoms with Crippen molar-refractivity contribution in [3.8, 4) is 11.1 Å². The van der Waals surface area contributed by atoms with Crippen LogP contribution in [-0.4, -0.2) is 0 Å². The molecule has 0 heteroatoms. The molecule has 0 heterocycles. The lowest BCUT2D eigenvalue weighted by Crippen LogP contribution is -2.35. The van der Waals surface area contributed by atoms with Crippen molar-refractivity contribution in [2.45, 2.75) is 43.9 Å². The predicted octanol–water partition coefficient (Wildman–Crippen LogP) is 6.82. The Balaban J connectivity index is 1.51. The van der Waals surface area contributed by atoms with Gasteiger partial charge in [0, 0.05) is 5.41 Å². The van der Waals surface area contributed by atoms with Crippen LogP contribution in [0.15, 0.2) is 72.3 Å². The summed E-state index contributed by atoms with van der Waals surface area (Å²) in [5.41, 5.74) is 8.16. The van der Waals surface area contributed by atoms with Crippen LogP contribution in [0.5, 0.6) is 0 Å². The largest absolute Gasteiger partial charge is 0.0850 e. The third-order valence-corrected chi connectivity index (χ3v) is 7.30. The molecular weight excluding hydrogens is 312 g/mol. The molecule has 3 aliphatic rings. The lowest BCUT2D eigenvalue weighted by molar-refractivity contribution is 0.270. The van der Waals surface area contributed by atoms with Crippen molar-refractivity contribution < 1.29 is 0 Å². The summed E-state index contributed by atoms with van der Waals surface area (Å²) < 4.78 is 0. The summed E-state index contributed by atoms with van der Waals surface area (Å²) in [5, 5.41) is 2.82. The third-order valence-electron chi connectivity index (χ3n) is 7.30. The van der Waals surface area contributed by atoms with E-state index in [1.54, 1.807) is 16.7 Å². The molecule has 2 unspecified atom stereocenters. The Morgan fingerprint density at radius 1 is 0.846 bits per heavy atom. The average molecular weight is 336 g/mol. The molecule has 1 spiro atoms. The molecule has 2 bridgehead atoms. The lowest BCUT2D eigenvalue weighted by Gasteiger charge is -2.41. The van der Waals surface area contributed by atoms with E-state index in [1.807, 2.05) is 0 Å². The Kier molecular flexibility index (Phi) is 3.03. The Hall–Kier alpha value is -2.34. The van der Waals surface area contributed by atoms with Gasteiger partial charge in [-0.15, -0.1) is 0 Å². The first kappa shape index (κ1) is 14.8. The molecule has 3 aromatic rings. The molecule has 0 amide bonds. The summed E-state index contributed by atoms with van der Waals surface area (Å²) >= 11 is 0. The van der Waals surface area contributed by atoms with Gasteiger partial charge in [-0.1, -0.05) is 66.2 Å². The highest BCUT2D eigenvalue weighted by molar-refractivity contribution is 5.89. The van der Waals surface area contributed by atoms with Crippen molar-refractivity contribution in [3.63, 3.8) is 0 Å². The first-order chi connectivity index (χ1) is 12.8. The summed E-state index contributed by atoms with van der Waals surface area (Å²) in [6.07, 6.45) is 10.6. The van der Waals surface area contributed by atoms with E-state index in [0.29, 0.717) is 5.41 Å². The van der Waals surface area contributed by atoms with Gasteiger partial charge in [0.05, 0.1) is 0 Å². The number of rotatable bonds is 1. The van der Waals surface area contributed by atoms with E-state index in [9.17, 15) is 0 Å². The molecule has 6 rings (SSSR count). The van der Waals surface area contributed by atoms with Gasteiger partial charge < -0.3 is 0 Å². The van der Waals surface area contributed by atoms with Crippen LogP contribution in [0.1, 0.15) is 43.2 Å². The summed E-state index contributed by atoms with van der Waals surface area (Å²) in [7, 11) is 0. The highest BCUT2D eigenvalue weighted by Gasteiger charge is 2.49. The number of fused-ring (bicyclic) bond motifs is 6. The average Bonchev–Trinajstić information content (AvgIpc) is 3.29. The van der Waals surface area contributed by atoms with Crippen molar-refractivity contribution >= 4 is 10.8 Å². The van der Waals surface area contributed by atoms with Crippen LogP contribution in [-0.2, 0) is 11.8 Å². The molecule has 0 nitrogen and oxygen atoms in total. The van der Waals surface area contributed by atoms with Gasteiger partial charge in [-0.05, 0) is 83.5 Å². The first-order valence-corrected chi connectivity index (χ1v) is 10.1. The highest BCUT2D eigenvalue weighted by atomic mass is 14.5. The van der Waals surface area contributed by atoms with E-state index in [1.165, 1.54) is 60.4 Å². The Labute approximate surface area is 155 Å². The summed E-state index contributed by atoms with van der Waals surface area (Å²) in [5.74, 6) is 0.873. The molecule has 0 aromatic heterocycles. The van der Waals surface area contributed by atoms with E-state index in [2.05, 4.69) is 66.7 Å². The molecule has 1 saturated carbocycles. The standard InChI is InChI=1S/C26H24/c1-2-5-19(6-3-1)20-9-10-21-16-25-22(15-23(21)14-20)7-4-12-26(25)17-18-8-11-24(26)13-18/h1-3,5-6,8-10,14-16,24H,4,7,11-13,17H2. The number of hydrogen-bond acceptors (Lipinski definition) is 0. The van der Waals surface area contributed by atoms with Gasteiger partial charge in [0.25, 0.3) is 0 Å². The zero-order valence-corrected chi connectivity index (χ0v) is 15.2. The zero-order chi connectivity index (χ0) is 17.1. The second-order valence-electron chi connectivity index (χ2n) is 8.62. The second-order valence-corrected chi connectivity index (χ2v) is 8.62. The molecule has 0 radical (unpaired) electrons. The SMILES string of the molecule is C1=C2CC(C1)C1(CCCc3cc4cc(-c5ccccc5)ccc4cc31)C2. The third kappa shape index (κ3) is 2.02. The summed E-state index contributed by atoms with van der Waals surface area (Å²) in [4.78, 5) is 0. The van der Waals surface area contributed by atoms with Crippen LogP contribution in [0, 0.1) is 5.92 Å². The van der Waals surface area contributed by atoms with Gasteiger partial charge in [-0.2, -0.15) is 0 Å². The van der Waals surface area contributed by atoms with Gasteiger partial charge in [-0.25, -0.2) is 0 Å². The van der Waals surface area contributed by atoms with Crippen molar-refractivity contribution in [2.75, 3.05) is 0 Å². The topological polar surface area (TPSA) is 0 Å². The van der Waals surface area contributed by atoms with Crippen molar-refractivity contribution in [1.29, 1.82) is 0 Å². The van der Waals surface area contributed by atoms with E-state index in [0.717, 1.165) is 5.92 Å². The summed E-state index contributed by atoms with van der Waals surface area (Å²) in [6, 6.07) is 22.8. The highest BCUT2D eigenvalue weighted by Crippen LogP contribution is 2.59. The molecule has 3 aromatic carbocycles. The van der Waals surface area contributed by atoms with Crippen molar-refractivity contribution in [2.24, 2.45) is 5.92 Å². The van der Waals surface area contributed by atoms with E-state index < -0.39 is 0 Å². The monoisotopic (exact) mass is 336 g/mol. The van der Waals surface area contributed by atoms with Crippen LogP contribution >= 0.6 is 0 Å². The van der Waals surface area contributed by atoms with E-state index in [4.69, 9.17) is 0 Å². The fourth-order valence-corrected chi connectivity index (χ4v) is 6.07.